The van der Waals surface area contributed by atoms with E-state index in [1.165, 1.54) is 36.0 Å². The van der Waals surface area contributed by atoms with Gasteiger partial charge >= 0.3 is 0 Å². The van der Waals surface area contributed by atoms with Gasteiger partial charge in [0.25, 0.3) is 0 Å². The molecule has 0 bridgehead atoms. The maximum absolute atomic E-state index is 12.2. The summed E-state index contributed by atoms with van der Waals surface area (Å²) in [7, 11) is 0. The highest BCUT2D eigenvalue weighted by Crippen LogP contribution is 2.40. The van der Waals surface area contributed by atoms with Crippen LogP contribution in [0.1, 0.15) is 59.4 Å². The summed E-state index contributed by atoms with van der Waals surface area (Å²) in [6, 6.07) is 7.24. The summed E-state index contributed by atoms with van der Waals surface area (Å²) >= 11 is 0. The standard InChI is InChI=1S/C27H35NO2/c1-20(15-16-24-22(3)12-9-17-27(24,4)5)10-8-11-21(2)18-26(30)28-25-14-7-6-13-23(25)19-29/h6-8,10-11,13-16,18,29H,9,12,17,19H2,1-5H3,(H,28,30). The highest BCUT2D eigenvalue weighted by atomic mass is 16.3. The van der Waals surface area contributed by atoms with Gasteiger partial charge in [-0.15, -0.1) is 0 Å². The van der Waals surface area contributed by atoms with Crippen molar-refractivity contribution in [3.05, 3.63) is 88.6 Å². The lowest BCUT2D eigenvalue weighted by atomic mass is 9.72. The van der Waals surface area contributed by atoms with E-state index in [1.54, 1.807) is 18.2 Å². The summed E-state index contributed by atoms with van der Waals surface area (Å²) in [5.74, 6) is -0.208. The van der Waals surface area contributed by atoms with Gasteiger partial charge in [-0.3, -0.25) is 4.79 Å². The number of carbonyl (C=O) groups excluding carboxylic acids is 1. The number of carbonyl (C=O) groups is 1. The molecule has 0 heterocycles. The summed E-state index contributed by atoms with van der Waals surface area (Å²) in [4.78, 5) is 12.2. The van der Waals surface area contributed by atoms with Gasteiger partial charge in [0, 0.05) is 17.3 Å². The third-order valence-corrected chi connectivity index (χ3v) is 5.58. The molecule has 3 heteroatoms. The van der Waals surface area contributed by atoms with Gasteiger partial charge in [-0.05, 0) is 62.7 Å². The number of para-hydroxylation sites is 1. The molecule has 1 aliphatic rings. The summed E-state index contributed by atoms with van der Waals surface area (Å²) in [5, 5.41) is 12.2. The van der Waals surface area contributed by atoms with Crippen LogP contribution in [0.4, 0.5) is 5.69 Å². The Balaban J connectivity index is 1.99. The van der Waals surface area contributed by atoms with Crippen LogP contribution in [0.2, 0.25) is 0 Å². The molecule has 0 saturated heterocycles. The van der Waals surface area contributed by atoms with E-state index in [-0.39, 0.29) is 17.9 Å². The molecular weight excluding hydrogens is 370 g/mol. The van der Waals surface area contributed by atoms with Crippen LogP contribution >= 0.6 is 0 Å². The Morgan fingerprint density at radius 1 is 1.17 bits per heavy atom. The summed E-state index contributed by atoms with van der Waals surface area (Å²) < 4.78 is 0. The first-order valence-electron chi connectivity index (χ1n) is 10.6. The molecule has 0 aliphatic heterocycles. The van der Waals surface area contributed by atoms with E-state index in [0.29, 0.717) is 11.3 Å². The van der Waals surface area contributed by atoms with E-state index in [2.05, 4.69) is 51.2 Å². The first-order valence-corrected chi connectivity index (χ1v) is 10.6. The number of amides is 1. The first-order chi connectivity index (χ1) is 14.2. The van der Waals surface area contributed by atoms with E-state index in [1.807, 2.05) is 31.2 Å². The second-order valence-electron chi connectivity index (χ2n) is 8.73. The SMILES string of the molecule is CC(C=CC1=C(C)CCCC1(C)C)=CC=CC(C)=CC(=O)Nc1ccccc1CO. The molecule has 1 aliphatic carbocycles. The minimum Gasteiger partial charge on any atom is -0.392 e. The Bertz CT molecular complexity index is 911. The largest absolute Gasteiger partial charge is 0.392 e. The Kier molecular flexibility index (Phi) is 8.61. The Morgan fingerprint density at radius 3 is 2.60 bits per heavy atom. The van der Waals surface area contributed by atoms with Gasteiger partial charge in [-0.1, -0.05) is 73.6 Å². The van der Waals surface area contributed by atoms with Crippen molar-refractivity contribution in [1.82, 2.24) is 0 Å². The fourth-order valence-corrected chi connectivity index (χ4v) is 3.84. The smallest absolute Gasteiger partial charge is 0.248 e. The third-order valence-electron chi connectivity index (χ3n) is 5.58. The van der Waals surface area contributed by atoms with Crippen molar-refractivity contribution < 1.29 is 9.90 Å². The van der Waals surface area contributed by atoms with Crippen LogP contribution in [0.5, 0.6) is 0 Å². The predicted molar refractivity (Wildman–Crippen MR) is 127 cm³/mol. The van der Waals surface area contributed by atoms with Gasteiger partial charge in [0.15, 0.2) is 0 Å². The molecule has 0 aromatic heterocycles. The van der Waals surface area contributed by atoms with Crippen LogP contribution in [-0.2, 0) is 11.4 Å². The number of anilines is 1. The molecule has 0 radical (unpaired) electrons. The lowest BCUT2D eigenvalue weighted by Gasteiger charge is -2.32. The quantitative estimate of drug-likeness (QED) is 0.394. The fourth-order valence-electron chi connectivity index (χ4n) is 3.84. The lowest BCUT2D eigenvalue weighted by molar-refractivity contribution is -0.111. The number of allylic oxidation sites excluding steroid dienone is 9. The topological polar surface area (TPSA) is 49.3 Å². The molecule has 30 heavy (non-hydrogen) atoms. The van der Waals surface area contributed by atoms with Gasteiger partial charge in [0.05, 0.1) is 6.61 Å². The molecule has 0 atom stereocenters. The number of nitrogens with one attached hydrogen (secondary N) is 1. The summed E-state index contributed by atoms with van der Waals surface area (Å²) in [6.45, 7) is 10.8. The molecule has 1 aromatic carbocycles. The van der Waals surface area contributed by atoms with Crippen molar-refractivity contribution in [3.8, 4) is 0 Å². The van der Waals surface area contributed by atoms with Crippen molar-refractivity contribution in [1.29, 1.82) is 0 Å². The molecule has 1 amide bonds. The van der Waals surface area contributed by atoms with E-state index in [0.717, 1.165) is 5.57 Å². The van der Waals surface area contributed by atoms with Gasteiger partial charge in [0.2, 0.25) is 5.91 Å². The average molecular weight is 406 g/mol. The number of rotatable bonds is 7. The van der Waals surface area contributed by atoms with E-state index in [4.69, 9.17) is 0 Å². The second kappa shape index (κ2) is 10.9. The van der Waals surface area contributed by atoms with E-state index in [9.17, 15) is 9.90 Å². The summed E-state index contributed by atoms with van der Waals surface area (Å²) in [5.41, 5.74) is 6.56. The molecule has 0 saturated carbocycles. The zero-order valence-electron chi connectivity index (χ0n) is 19.0. The number of benzene rings is 1. The highest BCUT2D eigenvalue weighted by molar-refractivity contribution is 6.00. The Morgan fingerprint density at radius 2 is 1.90 bits per heavy atom. The van der Waals surface area contributed by atoms with Crippen molar-refractivity contribution in [3.63, 3.8) is 0 Å². The van der Waals surface area contributed by atoms with Gasteiger partial charge in [0.1, 0.15) is 0 Å². The number of aliphatic hydroxyl groups is 1. The Hall–Kier alpha value is -2.65. The monoisotopic (exact) mass is 405 g/mol. The summed E-state index contributed by atoms with van der Waals surface area (Å²) in [6.07, 6.45) is 15.6. The van der Waals surface area contributed by atoms with Crippen molar-refractivity contribution in [2.75, 3.05) is 5.32 Å². The van der Waals surface area contributed by atoms with Crippen molar-refractivity contribution in [2.24, 2.45) is 5.41 Å². The maximum Gasteiger partial charge on any atom is 0.248 e. The van der Waals surface area contributed by atoms with Gasteiger partial charge in [-0.25, -0.2) is 0 Å². The minimum absolute atomic E-state index is 0.107. The minimum atomic E-state index is -0.208. The molecule has 0 unspecified atom stereocenters. The number of hydrogen-bond acceptors (Lipinski definition) is 2. The van der Waals surface area contributed by atoms with Crippen LogP contribution in [0, 0.1) is 5.41 Å². The average Bonchev–Trinajstić information content (AvgIpc) is 2.67. The van der Waals surface area contributed by atoms with Crippen LogP contribution in [-0.4, -0.2) is 11.0 Å². The maximum atomic E-state index is 12.2. The zero-order chi connectivity index (χ0) is 22.1. The highest BCUT2D eigenvalue weighted by Gasteiger charge is 2.26. The molecule has 0 fully saturated rings. The Labute approximate surface area is 181 Å². The van der Waals surface area contributed by atoms with Gasteiger partial charge < -0.3 is 10.4 Å². The lowest BCUT2D eigenvalue weighted by Crippen LogP contribution is -2.19. The normalized spacial score (nSPS) is 17.8. The fraction of sp³-hybridized carbons (Fsp3) is 0.370. The molecule has 0 spiro atoms. The van der Waals surface area contributed by atoms with Gasteiger partial charge in [-0.2, -0.15) is 0 Å². The van der Waals surface area contributed by atoms with Crippen molar-refractivity contribution in [2.45, 2.75) is 60.5 Å². The second-order valence-corrected chi connectivity index (χ2v) is 8.73. The first kappa shape index (κ1) is 23.6. The predicted octanol–water partition coefficient (Wildman–Crippen LogP) is 6.65. The molecule has 2 rings (SSSR count). The van der Waals surface area contributed by atoms with E-state index >= 15 is 0 Å². The van der Waals surface area contributed by atoms with Crippen LogP contribution < -0.4 is 5.32 Å². The van der Waals surface area contributed by atoms with E-state index < -0.39 is 0 Å². The number of hydrogen-bond donors (Lipinski definition) is 2. The molecular formula is C27H35NO2. The molecule has 2 N–H and O–H groups in total. The van der Waals surface area contributed by atoms with Crippen LogP contribution in [0.15, 0.2) is 83.0 Å². The molecule has 3 nitrogen and oxygen atoms in total. The third kappa shape index (κ3) is 7.00. The van der Waals surface area contributed by atoms with Crippen LogP contribution in [0.3, 0.4) is 0 Å². The van der Waals surface area contributed by atoms with Crippen LogP contribution in [0.25, 0.3) is 0 Å². The number of aliphatic hydroxyl groups excluding tert-OH is 1. The zero-order valence-corrected chi connectivity index (χ0v) is 19.0. The molecule has 1 aromatic rings. The molecule has 160 valence electrons. The van der Waals surface area contributed by atoms with Crippen molar-refractivity contribution >= 4 is 11.6 Å².